The maximum atomic E-state index is 13.2. The molecular formula is C16H25ClN4O4S. The predicted octanol–water partition coefficient (Wildman–Crippen LogP) is 1.30. The van der Waals surface area contributed by atoms with E-state index in [9.17, 15) is 18.5 Å². The lowest BCUT2D eigenvalue weighted by Gasteiger charge is -2.32. The fourth-order valence-corrected chi connectivity index (χ4v) is 5.58. The second-order valence-electron chi connectivity index (χ2n) is 6.70. The number of piperazine rings is 1. The van der Waals surface area contributed by atoms with Crippen molar-refractivity contribution < 1.29 is 13.3 Å². The average Bonchev–Trinajstić information content (AvgIpc) is 3.08. The predicted molar refractivity (Wildman–Crippen MR) is 101 cm³/mol. The summed E-state index contributed by atoms with van der Waals surface area (Å²) in [6.07, 6.45) is 0.762. The quantitative estimate of drug-likeness (QED) is 0.600. The molecule has 1 unspecified atom stereocenters. The van der Waals surface area contributed by atoms with E-state index in [-0.39, 0.29) is 29.0 Å². The third kappa shape index (κ3) is 3.86. The Hall–Kier alpha value is -1.26. The van der Waals surface area contributed by atoms with Crippen LogP contribution in [0, 0.1) is 24.0 Å². The lowest BCUT2D eigenvalue weighted by atomic mass is 10.1. The third-order valence-corrected chi connectivity index (χ3v) is 7.29. The summed E-state index contributed by atoms with van der Waals surface area (Å²) in [4.78, 5) is 12.9. The second kappa shape index (κ2) is 8.18. The monoisotopic (exact) mass is 404 g/mol. The molecule has 1 aromatic carbocycles. The van der Waals surface area contributed by atoms with Crippen LogP contribution in [-0.2, 0) is 10.0 Å². The van der Waals surface area contributed by atoms with Gasteiger partial charge < -0.3 is 5.32 Å². The van der Waals surface area contributed by atoms with Gasteiger partial charge in [0, 0.05) is 51.4 Å². The first kappa shape index (κ1) is 21.0. The molecule has 0 saturated carbocycles. The Labute approximate surface area is 160 Å². The van der Waals surface area contributed by atoms with Gasteiger partial charge in [-0.15, -0.1) is 12.4 Å². The number of nitrogens with zero attached hydrogens (tertiary/aromatic N) is 3. The van der Waals surface area contributed by atoms with E-state index in [0.717, 1.165) is 38.2 Å². The topological polar surface area (TPSA) is 95.8 Å². The summed E-state index contributed by atoms with van der Waals surface area (Å²) in [6.45, 7) is 7.83. The summed E-state index contributed by atoms with van der Waals surface area (Å²) < 4.78 is 27.7. The molecule has 0 spiro atoms. The highest BCUT2D eigenvalue weighted by Gasteiger charge is 2.39. The summed E-state index contributed by atoms with van der Waals surface area (Å²) in [7, 11) is -3.89. The number of benzene rings is 1. The Morgan fingerprint density at radius 1 is 1.19 bits per heavy atom. The molecule has 0 amide bonds. The van der Waals surface area contributed by atoms with Crippen LogP contribution in [-0.4, -0.2) is 67.9 Å². The maximum Gasteiger partial charge on any atom is 0.289 e. The largest absolute Gasteiger partial charge is 0.314 e. The van der Waals surface area contributed by atoms with Crippen molar-refractivity contribution in [2.75, 3.05) is 39.3 Å². The van der Waals surface area contributed by atoms with E-state index in [0.29, 0.717) is 18.7 Å². The molecule has 1 atom stereocenters. The van der Waals surface area contributed by atoms with Crippen molar-refractivity contribution in [2.45, 2.75) is 31.2 Å². The Morgan fingerprint density at radius 2 is 1.85 bits per heavy atom. The minimum Gasteiger partial charge on any atom is -0.314 e. The van der Waals surface area contributed by atoms with Gasteiger partial charge in [-0.25, -0.2) is 8.42 Å². The van der Waals surface area contributed by atoms with Gasteiger partial charge in [-0.05, 0) is 31.4 Å². The molecule has 2 saturated heterocycles. The summed E-state index contributed by atoms with van der Waals surface area (Å²) in [5, 5.41) is 14.7. The Bertz CT molecular complexity index is 781. The Balaban J connectivity index is 0.00000243. The molecule has 0 radical (unpaired) electrons. The molecule has 1 N–H and O–H groups in total. The van der Waals surface area contributed by atoms with Gasteiger partial charge >= 0.3 is 0 Å². The molecule has 0 aliphatic carbocycles. The summed E-state index contributed by atoms with van der Waals surface area (Å²) in [5.41, 5.74) is 0.857. The summed E-state index contributed by atoms with van der Waals surface area (Å²) in [5.74, 6) is 0. The maximum absolute atomic E-state index is 13.2. The molecule has 26 heavy (non-hydrogen) atoms. The van der Waals surface area contributed by atoms with Crippen molar-refractivity contribution in [1.29, 1.82) is 0 Å². The van der Waals surface area contributed by atoms with Crippen molar-refractivity contribution in [3.63, 3.8) is 0 Å². The summed E-state index contributed by atoms with van der Waals surface area (Å²) >= 11 is 0. The van der Waals surface area contributed by atoms with Crippen LogP contribution in [0.5, 0.6) is 0 Å². The van der Waals surface area contributed by atoms with Gasteiger partial charge in [-0.2, -0.15) is 4.31 Å². The van der Waals surface area contributed by atoms with Crippen molar-refractivity contribution in [3.8, 4) is 0 Å². The molecule has 1 aromatic rings. The molecule has 2 fully saturated rings. The van der Waals surface area contributed by atoms with E-state index in [2.05, 4.69) is 10.2 Å². The molecule has 146 valence electrons. The molecule has 3 rings (SSSR count). The molecule has 8 nitrogen and oxygen atoms in total. The lowest BCUT2D eigenvalue weighted by Crippen LogP contribution is -2.49. The number of halogens is 1. The third-order valence-electron chi connectivity index (χ3n) is 5.24. The first-order valence-electron chi connectivity index (χ1n) is 8.52. The smallest absolute Gasteiger partial charge is 0.289 e. The van der Waals surface area contributed by atoms with Crippen molar-refractivity contribution in [1.82, 2.24) is 14.5 Å². The molecule has 2 aliphatic rings. The zero-order chi connectivity index (χ0) is 18.2. The van der Waals surface area contributed by atoms with Gasteiger partial charge in [-0.1, -0.05) is 6.07 Å². The zero-order valence-electron chi connectivity index (χ0n) is 15.0. The van der Waals surface area contributed by atoms with E-state index in [4.69, 9.17) is 0 Å². The highest BCUT2D eigenvalue weighted by Crippen LogP contribution is 2.33. The molecule has 2 aliphatic heterocycles. The number of hydrogen-bond donors (Lipinski definition) is 1. The normalized spacial score (nSPS) is 22.2. The molecule has 0 bridgehead atoms. The Kier molecular flexibility index (Phi) is 6.62. The number of hydrogen-bond acceptors (Lipinski definition) is 6. The van der Waals surface area contributed by atoms with Crippen LogP contribution >= 0.6 is 12.4 Å². The lowest BCUT2D eigenvalue weighted by molar-refractivity contribution is -0.388. The van der Waals surface area contributed by atoms with E-state index in [1.54, 1.807) is 19.9 Å². The van der Waals surface area contributed by atoms with Crippen molar-refractivity contribution in [3.05, 3.63) is 33.4 Å². The highest BCUT2D eigenvalue weighted by atomic mass is 35.5. The van der Waals surface area contributed by atoms with Crippen LogP contribution in [0.2, 0.25) is 0 Å². The van der Waals surface area contributed by atoms with Crippen molar-refractivity contribution >= 4 is 28.1 Å². The first-order chi connectivity index (χ1) is 11.8. The fraction of sp³-hybridized carbons (Fsp3) is 0.625. The summed E-state index contributed by atoms with van der Waals surface area (Å²) in [6, 6.07) is 3.07. The average molecular weight is 405 g/mol. The van der Waals surface area contributed by atoms with Gasteiger partial charge in [-0.3, -0.25) is 15.0 Å². The van der Waals surface area contributed by atoms with E-state index >= 15 is 0 Å². The second-order valence-corrected chi connectivity index (χ2v) is 8.58. The Morgan fingerprint density at radius 3 is 2.46 bits per heavy atom. The minimum atomic E-state index is -3.89. The van der Waals surface area contributed by atoms with E-state index < -0.39 is 14.9 Å². The zero-order valence-corrected chi connectivity index (χ0v) is 16.6. The van der Waals surface area contributed by atoms with Crippen LogP contribution in [0.25, 0.3) is 0 Å². The number of nitrogens with one attached hydrogen (secondary N) is 1. The van der Waals surface area contributed by atoms with E-state index in [1.807, 2.05) is 0 Å². The van der Waals surface area contributed by atoms with Gasteiger partial charge in [0.2, 0.25) is 10.0 Å². The van der Waals surface area contributed by atoms with Crippen LogP contribution in [0.15, 0.2) is 17.0 Å². The molecule has 0 aromatic heterocycles. The number of aryl methyl sites for hydroxylation is 1. The first-order valence-corrected chi connectivity index (χ1v) is 9.96. The van der Waals surface area contributed by atoms with Gasteiger partial charge in [0.15, 0.2) is 4.90 Å². The fourth-order valence-electron chi connectivity index (χ4n) is 3.65. The molecule has 2 heterocycles. The van der Waals surface area contributed by atoms with Crippen LogP contribution in [0.4, 0.5) is 5.69 Å². The van der Waals surface area contributed by atoms with Crippen LogP contribution in [0.1, 0.15) is 17.5 Å². The van der Waals surface area contributed by atoms with Crippen molar-refractivity contribution in [2.24, 2.45) is 0 Å². The van der Waals surface area contributed by atoms with Crippen LogP contribution in [0.3, 0.4) is 0 Å². The highest BCUT2D eigenvalue weighted by molar-refractivity contribution is 7.89. The SMILES string of the molecule is Cc1ccc([N+](=O)[O-])c(S(=O)(=O)N2CCC(N3CCNCC3)C2)c1C.Cl. The van der Waals surface area contributed by atoms with Gasteiger partial charge in [0.05, 0.1) is 4.92 Å². The number of rotatable bonds is 4. The van der Waals surface area contributed by atoms with Crippen LogP contribution < -0.4 is 5.32 Å². The number of nitro groups is 1. The molecule has 10 heteroatoms. The number of sulfonamides is 1. The van der Waals surface area contributed by atoms with E-state index in [1.165, 1.54) is 10.4 Å². The standard InChI is InChI=1S/C16H24N4O4S.ClH/c1-12-3-4-15(20(21)22)16(13(12)2)25(23,24)19-8-5-14(11-19)18-9-6-17-7-10-18;/h3-4,14,17H,5-11H2,1-2H3;1H. The van der Waals surface area contributed by atoms with Gasteiger partial charge in [0.25, 0.3) is 5.69 Å². The molecular weight excluding hydrogens is 380 g/mol. The minimum absolute atomic E-state index is 0. The van der Waals surface area contributed by atoms with Gasteiger partial charge in [0.1, 0.15) is 0 Å². The number of nitro benzene ring substituents is 1.